The fraction of sp³-hybridized carbons (Fsp3) is 0.700. The van der Waals surface area contributed by atoms with Crippen molar-refractivity contribution in [2.24, 2.45) is 5.73 Å². The molecule has 0 aromatic carbocycles. The van der Waals surface area contributed by atoms with Crippen LogP contribution in [0.25, 0.3) is 0 Å². The fourth-order valence-electron chi connectivity index (χ4n) is 1.96. The largest absolute Gasteiger partial charge is 0.326 e. The first kappa shape index (κ1) is 8.75. The van der Waals surface area contributed by atoms with Gasteiger partial charge in [-0.2, -0.15) is 5.10 Å². The van der Waals surface area contributed by atoms with Crippen LogP contribution in [-0.4, -0.2) is 10.2 Å². The van der Waals surface area contributed by atoms with Gasteiger partial charge in [-0.1, -0.05) is 13.3 Å². The van der Waals surface area contributed by atoms with Gasteiger partial charge in [-0.25, -0.2) is 0 Å². The van der Waals surface area contributed by atoms with E-state index in [0.29, 0.717) is 12.5 Å². The average Bonchev–Trinajstić information content (AvgIpc) is 2.44. The van der Waals surface area contributed by atoms with E-state index in [1.165, 1.54) is 36.2 Å². The number of aromatic nitrogens is 2. The molecule has 1 saturated carbocycles. The standard InChI is InChI=1S/C10H17N3/c1-2-9-8(6-11)10(13-12-9)7-4-3-5-7/h7H,2-6,11H2,1H3,(H,12,13). The molecular formula is C10H17N3. The quantitative estimate of drug-likeness (QED) is 0.742. The molecule has 0 spiro atoms. The Labute approximate surface area is 78.7 Å². The first-order chi connectivity index (χ1) is 6.36. The highest BCUT2D eigenvalue weighted by molar-refractivity contribution is 5.29. The number of aromatic amines is 1. The second-order valence-corrected chi connectivity index (χ2v) is 3.75. The monoisotopic (exact) mass is 179 g/mol. The lowest BCUT2D eigenvalue weighted by molar-refractivity contribution is 0.408. The molecule has 72 valence electrons. The second-order valence-electron chi connectivity index (χ2n) is 3.75. The molecule has 1 aliphatic rings. The summed E-state index contributed by atoms with van der Waals surface area (Å²) in [7, 11) is 0. The van der Waals surface area contributed by atoms with Crippen molar-refractivity contribution in [3.05, 3.63) is 17.0 Å². The van der Waals surface area contributed by atoms with E-state index in [1.807, 2.05) is 0 Å². The Balaban J connectivity index is 2.28. The summed E-state index contributed by atoms with van der Waals surface area (Å²) in [6.07, 6.45) is 4.94. The predicted molar refractivity (Wildman–Crippen MR) is 52.4 cm³/mol. The molecule has 1 heterocycles. The van der Waals surface area contributed by atoms with Crippen LogP contribution in [0.1, 0.15) is 49.1 Å². The molecule has 0 aliphatic heterocycles. The fourth-order valence-corrected chi connectivity index (χ4v) is 1.96. The summed E-state index contributed by atoms with van der Waals surface area (Å²) < 4.78 is 0. The van der Waals surface area contributed by atoms with Gasteiger partial charge in [0.2, 0.25) is 0 Å². The molecule has 3 N–H and O–H groups in total. The van der Waals surface area contributed by atoms with Crippen molar-refractivity contribution in [2.45, 2.75) is 45.1 Å². The zero-order valence-corrected chi connectivity index (χ0v) is 8.14. The van der Waals surface area contributed by atoms with Crippen LogP contribution in [0, 0.1) is 0 Å². The van der Waals surface area contributed by atoms with E-state index in [0.717, 1.165) is 6.42 Å². The lowest BCUT2D eigenvalue weighted by Gasteiger charge is -2.24. The Morgan fingerprint density at radius 1 is 1.54 bits per heavy atom. The smallest absolute Gasteiger partial charge is 0.0700 e. The third kappa shape index (κ3) is 1.37. The Morgan fingerprint density at radius 2 is 2.31 bits per heavy atom. The number of nitrogens with zero attached hydrogens (tertiary/aromatic N) is 1. The third-order valence-electron chi connectivity index (χ3n) is 3.03. The summed E-state index contributed by atoms with van der Waals surface area (Å²) >= 11 is 0. The second kappa shape index (κ2) is 3.50. The molecule has 1 aromatic heterocycles. The molecule has 0 saturated heterocycles. The number of H-pyrrole nitrogens is 1. The van der Waals surface area contributed by atoms with Crippen molar-refractivity contribution in [2.75, 3.05) is 0 Å². The topological polar surface area (TPSA) is 54.7 Å². The van der Waals surface area contributed by atoms with Crippen LogP contribution < -0.4 is 5.73 Å². The van der Waals surface area contributed by atoms with Gasteiger partial charge in [-0.05, 0) is 19.3 Å². The predicted octanol–water partition coefficient (Wildman–Crippen LogP) is 1.70. The number of nitrogens with one attached hydrogen (secondary N) is 1. The average molecular weight is 179 g/mol. The van der Waals surface area contributed by atoms with E-state index in [4.69, 9.17) is 5.73 Å². The van der Waals surface area contributed by atoms with Crippen LogP contribution in [0.3, 0.4) is 0 Å². The molecule has 13 heavy (non-hydrogen) atoms. The van der Waals surface area contributed by atoms with Crippen molar-refractivity contribution in [3.8, 4) is 0 Å². The van der Waals surface area contributed by atoms with Gasteiger partial charge >= 0.3 is 0 Å². The van der Waals surface area contributed by atoms with Crippen molar-refractivity contribution in [1.82, 2.24) is 10.2 Å². The van der Waals surface area contributed by atoms with Crippen LogP contribution in [0.5, 0.6) is 0 Å². The SMILES string of the molecule is CCc1[nH]nc(C2CCC2)c1CN. The van der Waals surface area contributed by atoms with Crippen molar-refractivity contribution < 1.29 is 0 Å². The summed E-state index contributed by atoms with van der Waals surface area (Å²) in [6.45, 7) is 2.77. The molecule has 1 fully saturated rings. The van der Waals surface area contributed by atoms with Crippen molar-refractivity contribution in [1.29, 1.82) is 0 Å². The minimum Gasteiger partial charge on any atom is -0.326 e. The van der Waals surface area contributed by atoms with Crippen LogP contribution in [0.15, 0.2) is 0 Å². The maximum absolute atomic E-state index is 5.73. The van der Waals surface area contributed by atoms with E-state index in [-0.39, 0.29) is 0 Å². The summed E-state index contributed by atoms with van der Waals surface area (Å²) in [4.78, 5) is 0. The zero-order chi connectivity index (χ0) is 9.26. The Morgan fingerprint density at radius 3 is 2.77 bits per heavy atom. The molecule has 1 aliphatic carbocycles. The van der Waals surface area contributed by atoms with Gasteiger partial charge < -0.3 is 5.73 Å². The highest BCUT2D eigenvalue weighted by atomic mass is 15.1. The van der Waals surface area contributed by atoms with E-state index in [1.54, 1.807) is 0 Å². The van der Waals surface area contributed by atoms with Gasteiger partial charge in [0, 0.05) is 23.7 Å². The van der Waals surface area contributed by atoms with Gasteiger partial charge in [0.15, 0.2) is 0 Å². The molecule has 0 radical (unpaired) electrons. The normalized spacial score (nSPS) is 17.4. The lowest BCUT2D eigenvalue weighted by atomic mass is 9.81. The summed E-state index contributed by atoms with van der Waals surface area (Å²) in [5, 5.41) is 7.47. The van der Waals surface area contributed by atoms with Crippen LogP contribution in [-0.2, 0) is 13.0 Å². The van der Waals surface area contributed by atoms with Gasteiger partial charge in [-0.15, -0.1) is 0 Å². The number of rotatable bonds is 3. The zero-order valence-electron chi connectivity index (χ0n) is 8.14. The van der Waals surface area contributed by atoms with E-state index < -0.39 is 0 Å². The van der Waals surface area contributed by atoms with Crippen LogP contribution in [0.4, 0.5) is 0 Å². The molecule has 2 rings (SSSR count). The highest BCUT2D eigenvalue weighted by Crippen LogP contribution is 2.37. The molecule has 0 atom stereocenters. The molecule has 3 nitrogen and oxygen atoms in total. The van der Waals surface area contributed by atoms with E-state index in [9.17, 15) is 0 Å². The first-order valence-electron chi connectivity index (χ1n) is 5.12. The van der Waals surface area contributed by atoms with Gasteiger partial charge in [0.1, 0.15) is 0 Å². The van der Waals surface area contributed by atoms with E-state index >= 15 is 0 Å². The molecular weight excluding hydrogens is 162 g/mol. The maximum Gasteiger partial charge on any atom is 0.0700 e. The van der Waals surface area contributed by atoms with Gasteiger partial charge in [0.25, 0.3) is 0 Å². The number of hydrogen-bond donors (Lipinski definition) is 2. The summed E-state index contributed by atoms with van der Waals surface area (Å²) in [5.41, 5.74) is 9.47. The number of aryl methyl sites for hydroxylation is 1. The van der Waals surface area contributed by atoms with Gasteiger partial charge in [-0.3, -0.25) is 5.10 Å². The molecule has 0 amide bonds. The number of nitrogens with two attached hydrogens (primary N) is 1. The Hall–Kier alpha value is -0.830. The molecule has 0 unspecified atom stereocenters. The van der Waals surface area contributed by atoms with Gasteiger partial charge in [0.05, 0.1) is 5.69 Å². The Kier molecular flexibility index (Phi) is 2.36. The third-order valence-corrected chi connectivity index (χ3v) is 3.03. The minimum absolute atomic E-state index is 0.630. The summed E-state index contributed by atoms with van der Waals surface area (Å²) in [6, 6.07) is 0. The van der Waals surface area contributed by atoms with Crippen LogP contribution >= 0.6 is 0 Å². The molecule has 3 heteroatoms. The lowest BCUT2D eigenvalue weighted by Crippen LogP contribution is -2.13. The molecule has 1 aromatic rings. The Bertz CT molecular complexity index is 286. The van der Waals surface area contributed by atoms with E-state index in [2.05, 4.69) is 17.1 Å². The maximum atomic E-state index is 5.73. The van der Waals surface area contributed by atoms with Crippen LogP contribution in [0.2, 0.25) is 0 Å². The summed E-state index contributed by atoms with van der Waals surface area (Å²) in [5.74, 6) is 0.690. The minimum atomic E-state index is 0.630. The van der Waals surface area contributed by atoms with Crippen molar-refractivity contribution >= 4 is 0 Å². The van der Waals surface area contributed by atoms with Crippen molar-refractivity contribution in [3.63, 3.8) is 0 Å². The number of hydrogen-bond acceptors (Lipinski definition) is 2. The first-order valence-corrected chi connectivity index (χ1v) is 5.12. The molecule has 0 bridgehead atoms. The highest BCUT2D eigenvalue weighted by Gasteiger charge is 2.25.